The van der Waals surface area contributed by atoms with Crippen molar-refractivity contribution >= 4 is 29.3 Å². The Morgan fingerprint density at radius 3 is 2.64 bits per heavy atom. The molecule has 0 saturated carbocycles. The largest absolute Gasteiger partial charge is 0.389 e. The van der Waals surface area contributed by atoms with Gasteiger partial charge in [-0.2, -0.15) is 0 Å². The average molecular weight is 346 g/mol. The highest BCUT2D eigenvalue weighted by molar-refractivity contribution is 8.00. The molecule has 4 nitrogen and oxygen atoms in total. The minimum absolute atomic E-state index is 0.132. The van der Waals surface area contributed by atoms with Gasteiger partial charge in [0.05, 0.1) is 23.0 Å². The van der Waals surface area contributed by atoms with Gasteiger partial charge in [-0.3, -0.25) is 4.79 Å². The third-order valence-electron chi connectivity index (χ3n) is 2.78. The lowest BCUT2D eigenvalue weighted by Crippen LogP contribution is -2.38. The first kappa shape index (κ1) is 19.3. The van der Waals surface area contributed by atoms with E-state index in [2.05, 4.69) is 5.32 Å². The molecule has 0 saturated heterocycles. The van der Waals surface area contributed by atoms with E-state index in [9.17, 15) is 9.90 Å². The summed E-state index contributed by atoms with van der Waals surface area (Å²) in [5, 5.41) is 12.8. The summed E-state index contributed by atoms with van der Waals surface area (Å²) in [4.78, 5) is 12.9. The molecule has 0 unspecified atom stereocenters. The second kappa shape index (κ2) is 10.1. The fourth-order valence-electron chi connectivity index (χ4n) is 1.65. The van der Waals surface area contributed by atoms with E-state index in [0.717, 1.165) is 4.90 Å². The molecule has 1 aromatic carbocycles. The van der Waals surface area contributed by atoms with Crippen molar-refractivity contribution in [2.24, 2.45) is 5.92 Å². The fourth-order valence-corrected chi connectivity index (χ4v) is 2.82. The number of hydrogen-bond acceptors (Lipinski definition) is 4. The van der Waals surface area contributed by atoms with E-state index in [1.54, 1.807) is 6.07 Å². The number of rotatable bonds is 9. The minimum Gasteiger partial charge on any atom is -0.389 e. The number of carbonyl (C=O) groups is 1. The van der Waals surface area contributed by atoms with Crippen LogP contribution in [0.3, 0.4) is 0 Å². The Kier molecular flexibility index (Phi) is 8.86. The van der Waals surface area contributed by atoms with E-state index < -0.39 is 6.10 Å². The van der Waals surface area contributed by atoms with Gasteiger partial charge in [0, 0.05) is 18.0 Å². The molecule has 1 amide bonds. The summed E-state index contributed by atoms with van der Waals surface area (Å²) in [5.41, 5.74) is 0. The monoisotopic (exact) mass is 345 g/mol. The zero-order valence-corrected chi connectivity index (χ0v) is 14.8. The maximum atomic E-state index is 12.0. The van der Waals surface area contributed by atoms with Gasteiger partial charge < -0.3 is 15.2 Å². The minimum atomic E-state index is -0.694. The molecule has 0 radical (unpaired) electrons. The Hall–Kier alpha value is -0.750. The van der Waals surface area contributed by atoms with Crippen molar-refractivity contribution < 1.29 is 14.6 Å². The first-order valence-electron chi connectivity index (χ1n) is 7.34. The molecule has 0 aliphatic rings. The van der Waals surface area contributed by atoms with Crippen LogP contribution in [0.2, 0.25) is 5.02 Å². The number of aliphatic hydroxyl groups excluding tert-OH is 1. The molecule has 124 valence electrons. The molecule has 1 rings (SSSR count). The number of carbonyl (C=O) groups excluding carboxylic acids is 1. The van der Waals surface area contributed by atoms with Crippen LogP contribution in [0, 0.1) is 5.92 Å². The molecule has 2 atom stereocenters. The summed E-state index contributed by atoms with van der Waals surface area (Å²) in [6.07, 6.45) is -0.694. The van der Waals surface area contributed by atoms with Crippen LogP contribution < -0.4 is 5.32 Å². The van der Waals surface area contributed by atoms with Crippen LogP contribution in [0.15, 0.2) is 29.2 Å². The van der Waals surface area contributed by atoms with E-state index in [0.29, 0.717) is 17.5 Å². The maximum Gasteiger partial charge on any atom is 0.233 e. The Bertz CT molecular complexity index is 470. The molecule has 0 spiro atoms. The molecular formula is C16H24ClNO3S. The Balaban J connectivity index is 2.31. The molecule has 0 aromatic heterocycles. The Labute approximate surface area is 141 Å². The first-order chi connectivity index (χ1) is 10.4. The lowest BCUT2D eigenvalue weighted by molar-refractivity contribution is -0.121. The summed E-state index contributed by atoms with van der Waals surface area (Å²) in [5.74, 6) is 0.293. The van der Waals surface area contributed by atoms with Crippen LogP contribution in [0.1, 0.15) is 20.8 Å². The fraction of sp³-hybridized carbons (Fsp3) is 0.562. The second-order valence-electron chi connectivity index (χ2n) is 5.52. The van der Waals surface area contributed by atoms with E-state index >= 15 is 0 Å². The third kappa shape index (κ3) is 7.49. The van der Waals surface area contributed by atoms with E-state index in [-0.39, 0.29) is 24.3 Å². The van der Waals surface area contributed by atoms with Gasteiger partial charge in [0.25, 0.3) is 0 Å². The van der Waals surface area contributed by atoms with Gasteiger partial charge in [-0.15, -0.1) is 11.8 Å². The van der Waals surface area contributed by atoms with Gasteiger partial charge in [-0.05, 0) is 25.0 Å². The molecule has 2 N–H and O–H groups in total. The zero-order chi connectivity index (χ0) is 16.5. The number of amides is 1. The lowest BCUT2D eigenvalue weighted by Gasteiger charge is -2.16. The topological polar surface area (TPSA) is 58.6 Å². The highest BCUT2D eigenvalue weighted by Crippen LogP contribution is 2.29. The lowest BCUT2D eigenvalue weighted by atomic mass is 10.2. The van der Waals surface area contributed by atoms with Gasteiger partial charge in [0.1, 0.15) is 0 Å². The van der Waals surface area contributed by atoms with Crippen molar-refractivity contribution in [1.82, 2.24) is 5.32 Å². The van der Waals surface area contributed by atoms with Gasteiger partial charge in [0.2, 0.25) is 5.91 Å². The van der Waals surface area contributed by atoms with Crippen molar-refractivity contribution in [3.63, 3.8) is 0 Å². The zero-order valence-electron chi connectivity index (χ0n) is 13.2. The summed E-state index contributed by atoms with van der Waals surface area (Å²) in [6.45, 7) is 6.91. The number of nitrogens with one attached hydrogen (secondary N) is 1. The van der Waals surface area contributed by atoms with Crippen LogP contribution in [-0.2, 0) is 9.53 Å². The molecule has 0 bridgehead atoms. The van der Waals surface area contributed by atoms with E-state index in [1.807, 2.05) is 39.0 Å². The smallest absolute Gasteiger partial charge is 0.233 e. The van der Waals surface area contributed by atoms with Crippen LogP contribution in [-0.4, -0.2) is 42.1 Å². The number of thioether (sulfide) groups is 1. The number of aliphatic hydroxyl groups is 1. The molecule has 22 heavy (non-hydrogen) atoms. The molecule has 0 fully saturated rings. The van der Waals surface area contributed by atoms with Crippen molar-refractivity contribution in [2.75, 3.05) is 19.8 Å². The van der Waals surface area contributed by atoms with Crippen molar-refractivity contribution in [2.45, 2.75) is 37.0 Å². The van der Waals surface area contributed by atoms with Crippen LogP contribution in [0.5, 0.6) is 0 Å². The molecular weight excluding hydrogens is 322 g/mol. The molecule has 0 aliphatic heterocycles. The van der Waals surface area contributed by atoms with Gasteiger partial charge in [-0.1, -0.05) is 37.6 Å². The summed E-state index contributed by atoms with van der Waals surface area (Å²) in [7, 11) is 0. The number of halogens is 1. The normalized spacial score (nSPS) is 13.9. The molecule has 0 heterocycles. The third-order valence-corrected chi connectivity index (χ3v) is 4.40. The van der Waals surface area contributed by atoms with E-state index in [4.69, 9.17) is 16.3 Å². The predicted molar refractivity (Wildman–Crippen MR) is 91.4 cm³/mol. The SMILES string of the molecule is CC(C)COC[C@@H](O)CNC(=O)[C@@H](C)Sc1ccccc1Cl. The highest BCUT2D eigenvalue weighted by Gasteiger charge is 2.16. The molecule has 6 heteroatoms. The predicted octanol–water partition coefficient (Wildman–Crippen LogP) is 2.97. The highest BCUT2D eigenvalue weighted by atomic mass is 35.5. The van der Waals surface area contributed by atoms with Crippen molar-refractivity contribution in [1.29, 1.82) is 0 Å². The van der Waals surface area contributed by atoms with Gasteiger partial charge in [0.15, 0.2) is 0 Å². The summed E-state index contributed by atoms with van der Waals surface area (Å²) in [6, 6.07) is 7.41. The van der Waals surface area contributed by atoms with Crippen molar-refractivity contribution in [3.05, 3.63) is 29.3 Å². The average Bonchev–Trinajstić information content (AvgIpc) is 2.46. The second-order valence-corrected chi connectivity index (χ2v) is 7.31. The van der Waals surface area contributed by atoms with Gasteiger partial charge >= 0.3 is 0 Å². The quantitative estimate of drug-likeness (QED) is 0.675. The van der Waals surface area contributed by atoms with E-state index in [1.165, 1.54) is 11.8 Å². The molecule has 0 aliphatic carbocycles. The standard InChI is InChI=1S/C16H24ClNO3S/c1-11(2)9-21-10-13(19)8-18-16(20)12(3)22-15-7-5-4-6-14(15)17/h4-7,11-13,19H,8-10H2,1-3H3,(H,18,20)/t12-,13+/m1/s1. The summed E-state index contributed by atoms with van der Waals surface area (Å²) < 4.78 is 5.34. The van der Waals surface area contributed by atoms with Crippen LogP contribution in [0.25, 0.3) is 0 Å². The molecule has 1 aromatic rings. The van der Waals surface area contributed by atoms with Gasteiger partial charge in [-0.25, -0.2) is 0 Å². The number of benzene rings is 1. The van der Waals surface area contributed by atoms with Crippen LogP contribution in [0.4, 0.5) is 0 Å². The summed E-state index contributed by atoms with van der Waals surface area (Å²) >= 11 is 7.47. The van der Waals surface area contributed by atoms with Crippen molar-refractivity contribution in [3.8, 4) is 0 Å². The number of ether oxygens (including phenoxy) is 1. The maximum absolute atomic E-state index is 12.0. The first-order valence-corrected chi connectivity index (χ1v) is 8.60. The Morgan fingerprint density at radius 2 is 2.00 bits per heavy atom. The van der Waals surface area contributed by atoms with Crippen LogP contribution >= 0.6 is 23.4 Å². The Morgan fingerprint density at radius 1 is 1.32 bits per heavy atom. The number of hydrogen-bond donors (Lipinski definition) is 2.